The Labute approximate surface area is 145 Å². The number of carbonyl (C=O) groups is 1. The molecule has 6 heteroatoms. The lowest BCUT2D eigenvalue weighted by molar-refractivity contribution is 0.221. The first-order chi connectivity index (χ1) is 12.1. The molecule has 0 aromatic heterocycles. The molecule has 1 fully saturated rings. The van der Waals surface area contributed by atoms with Gasteiger partial charge in [0, 0.05) is 24.0 Å². The molecule has 1 heterocycles. The summed E-state index contributed by atoms with van der Waals surface area (Å²) in [6, 6.07) is 9.96. The highest BCUT2D eigenvalue weighted by atomic mass is 19.1. The van der Waals surface area contributed by atoms with Crippen LogP contribution in [-0.2, 0) is 6.54 Å². The van der Waals surface area contributed by atoms with E-state index in [2.05, 4.69) is 15.5 Å². The van der Waals surface area contributed by atoms with Gasteiger partial charge in [-0.05, 0) is 55.8 Å². The van der Waals surface area contributed by atoms with Gasteiger partial charge in [0.25, 0.3) is 0 Å². The minimum atomic E-state index is -0.737. The van der Waals surface area contributed by atoms with Gasteiger partial charge in [0.05, 0.1) is 0 Å². The van der Waals surface area contributed by atoms with Crippen LogP contribution in [-0.4, -0.2) is 24.0 Å². The molecule has 0 spiro atoms. The molecular weight excluding hydrogens is 324 g/mol. The van der Waals surface area contributed by atoms with Gasteiger partial charge in [-0.15, -0.1) is 0 Å². The topological polar surface area (TPSA) is 44.4 Å². The van der Waals surface area contributed by atoms with Gasteiger partial charge in [-0.3, -0.25) is 4.90 Å². The summed E-state index contributed by atoms with van der Waals surface area (Å²) in [5, 5.41) is 5.13. The number of likely N-dealkylation sites (tertiary alicyclic amines) is 1. The number of nitrogens with one attached hydrogen (secondary N) is 2. The van der Waals surface area contributed by atoms with E-state index in [0.29, 0.717) is 5.69 Å². The molecule has 2 amide bonds. The third kappa shape index (κ3) is 5.26. The highest BCUT2D eigenvalue weighted by molar-refractivity contribution is 5.99. The molecule has 0 unspecified atom stereocenters. The molecule has 0 radical (unpaired) electrons. The molecule has 4 nitrogen and oxygen atoms in total. The van der Waals surface area contributed by atoms with Crippen LogP contribution in [0, 0.1) is 11.6 Å². The third-order valence-electron chi connectivity index (χ3n) is 4.16. The molecule has 1 saturated heterocycles. The fourth-order valence-corrected chi connectivity index (χ4v) is 3.04. The van der Waals surface area contributed by atoms with Gasteiger partial charge in [-0.1, -0.05) is 18.6 Å². The van der Waals surface area contributed by atoms with Crippen LogP contribution >= 0.6 is 0 Å². The number of amides is 2. The predicted octanol–water partition coefficient (Wildman–Crippen LogP) is 4.59. The first kappa shape index (κ1) is 17.4. The highest BCUT2D eigenvalue weighted by Gasteiger charge is 2.11. The summed E-state index contributed by atoms with van der Waals surface area (Å²) in [7, 11) is 0. The smallest absolute Gasteiger partial charge is 0.308 e. The zero-order valence-electron chi connectivity index (χ0n) is 13.9. The van der Waals surface area contributed by atoms with Gasteiger partial charge < -0.3 is 10.6 Å². The van der Waals surface area contributed by atoms with Crippen LogP contribution in [0.3, 0.4) is 0 Å². The number of urea groups is 1. The first-order valence-electron chi connectivity index (χ1n) is 8.44. The van der Waals surface area contributed by atoms with E-state index in [1.807, 2.05) is 18.2 Å². The highest BCUT2D eigenvalue weighted by Crippen LogP contribution is 2.17. The van der Waals surface area contributed by atoms with Crippen molar-refractivity contribution in [3.8, 4) is 0 Å². The fourth-order valence-electron chi connectivity index (χ4n) is 3.04. The van der Waals surface area contributed by atoms with Gasteiger partial charge in [-0.2, -0.15) is 0 Å². The summed E-state index contributed by atoms with van der Waals surface area (Å²) in [5.41, 5.74) is 1.83. The molecule has 0 aliphatic carbocycles. The van der Waals surface area contributed by atoms with Crippen LogP contribution in [0.1, 0.15) is 24.8 Å². The van der Waals surface area contributed by atoms with Crippen molar-refractivity contribution < 1.29 is 13.6 Å². The van der Waals surface area contributed by atoms with Crippen molar-refractivity contribution in [1.82, 2.24) is 4.90 Å². The molecule has 2 aromatic carbocycles. The summed E-state index contributed by atoms with van der Waals surface area (Å²) < 4.78 is 26.3. The number of nitrogens with zero attached hydrogens (tertiary/aromatic N) is 1. The summed E-state index contributed by atoms with van der Waals surface area (Å²) in [5.74, 6) is -1.47. The molecule has 2 N–H and O–H groups in total. The van der Waals surface area contributed by atoms with Gasteiger partial charge in [0.2, 0.25) is 0 Å². The van der Waals surface area contributed by atoms with E-state index in [9.17, 15) is 13.6 Å². The van der Waals surface area contributed by atoms with Crippen molar-refractivity contribution in [1.29, 1.82) is 0 Å². The maximum atomic E-state index is 13.2. The van der Waals surface area contributed by atoms with E-state index >= 15 is 0 Å². The Kier molecular flexibility index (Phi) is 5.60. The van der Waals surface area contributed by atoms with Crippen molar-refractivity contribution >= 4 is 17.4 Å². The summed E-state index contributed by atoms with van der Waals surface area (Å²) in [4.78, 5) is 14.4. The Morgan fingerprint density at radius 2 is 1.60 bits per heavy atom. The van der Waals surface area contributed by atoms with Crippen molar-refractivity contribution in [3.05, 3.63) is 59.7 Å². The maximum Gasteiger partial charge on any atom is 0.323 e. The Bertz CT molecular complexity index is 725. The van der Waals surface area contributed by atoms with E-state index in [0.717, 1.165) is 43.4 Å². The number of piperidine rings is 1. The van der Waals surface area contributed by atoms with Crippen molar-refractivity contribution in [3.63, 3.8) is 0 Å². The summed E-state index contributed by atoms with van der Waals surface area (Å²) >= 11 is 0. The number of hydrogen-bond acceptors (Lipinski definition) is 2. The average molecular weight is 345 g/mol. The normalized spacial score (nSPS) is 15.0. The van der Waals surface area contributed by atoms with Crippen LogP contribution in [0.5, 0.6) is 0 Å². The number of rotatable bonds is 4. The molecule has 1 aliphatic heterocycles. The summed E-state index contributed by atoms with van der Waals surface area (Å²) in [6.45, 7) is 3.05. The second-order valence-electron chi connectivity index (χ2n) is 6.27. The van der Waals surface area contributed by atoms with Crippen molar-refractivity contribution in [2.24, 2.45) is 0 Å². The maximum absolute atomic E-state index is 13.2. The minimum absolute atomic E-state index is 0.0690. The van der Waals surface area contributed by atoms with Crippen LogP contribution in [0.25, 0.3) is 0 Å². The first-order valence-corrected chi connectivity index (χ1v) is 8.44. The van der Waals surface area contributed by atoms with Gasteiger partial charge in [-0.25, -0.2) is 13.6 Å². The SMILES string of the molecule is O=C(Nc1cc(F)cc(F)c1)Nc1cccc(CN2CCCCC2)c1. The fraction of sp³-hybridized carbons (Fsp3) is 0.316. The van der Waals surface area contributed by atoms with E-state index in [1.54, 1.807) is 6.07 Å². The van der Waals surface area contributed by atoms with Crippen molar-refractivity contribution in [2.75, 3.05) is 23.7 Å². The Morgan fingerprint density at radius 3 is 2.32 bits per heavy atom. The second kappa shape index (κ2) is 8.07. The number of benzene rings is 2. The van der Waals surface area contributed by atoms with Gasteiger partial charge in [0.15, 0.2) is 0 Å². The van der Waals surface area contributed by atoms with Crippen LogP contribution < -0.4 is 10.6 Å². The molecular formula is C19H21F2N3O. The van der Waals surface area contributed by atoms with E-state index in [4.69, 9.17) is 0 Å². The Hall–Kier alpha value is -2.47. The molecule has 2 aromatic rings. The Balaban J connectivity index is 1.60. The van der Waals surface area contributed by atoms with Crippen LogP contribution in [0.2, 0.25) is 0 Å². The zero-order chi connectivity index (χ0) is 17.6. The van der Waals surface area contributed by atoms with Crippen molar-refractivity contribution in [2.45, 2.75) is 25.8 Å². The molecule has 132 valence electrons. The second-order valence-corrected chi connectivity index (χ2v) is 6.27. The largest absolute Gasteiger partial charge is 0.323 e. The average Bonchev–Trinajstić information content (AvgIpc) is 2.55. The minimum Gasteiger partial charge on any atom is -0.308 e. The van der Waals surface area contributed by atoms with Crippen LogP contribution in [0.15, 0.2) is 42.5 Å². The van der Waals surface area contributed by atoms with Gasteiger partial charge in [0.1, 0.15) is 11.6 Å². The predicted molar refractivity (Wildman–Crippen MR) is 94.6 cm³/mol. The van der Waals surface area contributed by atoms with E-state index in [1.165, 1.54) is 19.3 Å². The number of hydrogen-bond donors (Lipinski definition) is 2. The molecule has 0 saturated carbocycles. The zero-order valence-corrected chi connectivity index (χ0v) is 13.9. The standard InChI is InChI=1S/C19H21F2N3O/c20-15-10-16(21)12-18(11-15)23-19(25)22-17-6-4-5-14(9-17)13-24-7-2-1-3-8-24/h4-6,9-12H,1-3,7-8,13H2,(H2,22,23,25). The number of anilines is 2. The van der Waals surface area contributed by atoms with E-state index < -0.39 is 17.7 Å². The summed E-state index contributed by atoms with van der Waals surface area (Å²) in [6.07, 6.45) is 3.74. The lowest BCUT2D eigenvalue weighted by Crippen LogP contribution is -2.29. The molecule has 25 heavy (non-hydrogen) atoms. The number of carbonyl (C=O) groups excluding carboxylic acids is 1. The number of halogens is 2. The monoisotopic (exact) mass is 345 g/mol. The quantitative estimate of drug-likeness (QED) is 0.851. The lowest BCUT2D eigenvalue weighted by atomic mass is 10.1. The molecule has 1 aliphatic rings. The molecule has 0 bridgehead atoms. The molecule has 3 rings (SSSR count). The van der Waals surface area contributed by atoms with Gasteiger partial charge >= 0.3 is 6.03 Å². The Morgan fingerprint density at radius 1 is 0.920 bits per heavy atom. The third-order valence-corrected chi connectivity index (χ3v) is 4.16. The molecule has 0 atom stereocenters. The van der Waals surface area contributed by atoms with E-state index in [-0.39, 0.29) is 5.69 Å². The lowest BCUT2D eigenvalue weighted by Gasteiger charge is -2.26. The van der Waals surface area contributed by atoms with Crippen LogP contribution in [0.4, 0.5) is 25.0 Å².